The van der Waals surface area contributed by atoms with Crippen LogP contribution in [0.25, 0.3) is 0 Å². The maximum absolute atomic E-state index is 4.61. The van der Waals surface area contributed by atoms with E-state index < -0.39 is 0 Å². The number of thiazole rings is 1. The largest absolute Gasteiger partial charge is 0.314 e. The van der Waals surface area contributed by atoms with Crippen LogP contribution in [-0.4, -0.2) is 17.6 Å². The molecule has 1 rings (SSSR count). The molecule has 20 heavy (non-hydrogen) atoms. The highest BCUT2D eigenvalue weighted by Gasteiger charge is 2.10. The van der Waals surface area contributed by atoms with Gasteiger partial charge in [-0.1, -0.05) is 52.4 Å². The minimum atomic E-state index is 0.614. The van der Waals surface area contributed by atoms with Crippen molar-refractivity contribution in [3.8, 4) is 0 Å². The molecule has 0 aromatic carbocycles. The summed E-state index contributed by atoms with van der Waals surface area (Å²) in [6, 6.07) is 0.614. The topological polar surface area (TPSA) is 24.9 Å². The SMILES string of the molecule is CCCCCCCCC(Cc1csc(C)n1)NCCC. The van der Waals surface area contributed by atoms with Crippen molar-refractivity contribution in [1.82, 2.24) is 10.3 Å². The molecule has 0 spiro atoms. The average molecular weight is 297 g/mol. The molecule has 1 unspecified atom stereocenters. The van der Waals surface area contributed by atoms with E-state index in [1.54, 1.807) is 11.3 Å². The highest BCUT2D eigenvalue weighted by Crippen LogP contribution is 2.14. The van der Waals surface area contributed by atoms with E-state index in [4.69, 9.17) is 0 Å². The fourth-order valence-electron chi connectivity index (χ4n) is 2.55. The number of aryl methyl sites for hydroxylation is 1. The summed E-state index contributed by atoms with van der Waals surface area (Å²) in [6.07, 6.45) is 11.9. The third-order valence-corrected chi connectivity index (χ3v) is 4.53. The number of rotatable bonds is 12. The van der Waals surface area contributed by atoms with Crippen molar-refractivity contribution >= 4 is 11.3 Å². The summed E-state index contributed by atoms with van der Waals surface area (Å²) in [4.78, 5) is 4.61. The second-order valence-corrected chi connectivity index (χ2v) is 6.83. The normalized spacial score (nSPS) is 12.8. The van der Waals surface area contributed by atoms with E-state index in [9.17, 15) is 0 Å². The number of hydrogen-bond donors (Lipinski definition) is 1. The molecule has 1 N–H and O–H groups in total. The van der Waals surface area contributed by atoms with Gasteiger partial charge in [-0.3, -0.25) is 0 Å². The summed E-state index contributed by atoms with van der Waals surface area (Å²) in [6.45, 7) is 7.74. The van der Waals surface area contributed by atoms with Gasteiger partial charge in [-0.15, -0.1) is 11.3 Å². The van der Waals surface area contributed by atoms with Crippen LogP contribution in [0.4, 0.5) is 0 Å². The van der Waals surface area contributed by atoms with Gasteiger partial charge in [0.2, 0.25) is 0 Å². The van der Waals surface area contributed by atoms with Crippen LogP contribution in [0.15, 0.2) is 5.38 Å². The number of unbranched alkanes of at least 4 members (excludes halogenated alkanes) is 5. The van der Waals surface area contributed by atoms with E-state index in [1.165, 1.54) is 62.1 Å². The molecule has 0 fully saturated rings. The summed E-state index contributed by atoms with van der Waals surface area (Å²) in [7, 11) is 0. The average Bonchev–Trinajstić information content (AvgIpc) is 2.85. The lowest BCUT2D eigenvalue weighted by atomic mass is 10.0. The van der Waals surface area contributed by atoms with Crippen LogP contribution in [0.5, 0.6) is 0 Å². The van der Waals surface area contributed by atoms with E-state index in [0.717, 1.165) is 13.0 Å². The molecule has 1 aromatic rings. The Labute approximate surface area is 129 Å². The molecular weight excluding hydrogens is 264 g/mol. The van der Waals surface area contributed by atoms with E-state index in [2.05, 4.69) is 36.5 Å². The number of nitrogens with zero attached hydrogens (tertiary/aromatic N) is 1. The van der Waals surface area contributed by atoms with Crippen LogP contribution in [0.1, 0.15) is 75.9 Å². The first-order chi connectivity index (χ1) is 9.76. The summed E-state index contributed by atoms with van der Waals surface area (Å²) < 4.78 is 0. The van der Waals surface area contributed by atoms with Gasteiger partial charge in [0.15, 0.2) is 0 Å². The predicted octanol–water partition coefficient (Wildman–Crippen LogP) is 5.11. The lowest BCUT2D eigenvalue weighted by Crippen LogP contribution is -2.31. The second-order valence-electron chi connectivity index (χ2n) is 5.77. The monoisotopic (exact) mass is 296 g/mol. The summed E-state index contributed by atoms with van der Waals surface area (Å²) in [5.74, 6) is 0. The van der Waals surface area contributed by atoms with Crippen LogP contribution in [-0.2, 0) is 6.42 Å². The zero-order valence-corrected chi connectivity index (χ0v) is 14.4. The van der Waals surface area contributed by atoms with Gasteiger partial charge in [0.25, 0.3) is 0 Å². The standard InChI is InChI=1S/C17H32N2S/c1-4-6-7-8-9-10-11-16(18-12-5-2)13-17-14-20-15(3)19-17/h14,16,18H,4-13H2,1-3H3. The Hall–Kier alpha value is -0.410. The van der Waals surface area contributed by atoms with Gasteiger partial charge in [-0.25, -0.2) is 4.98 Å². The van der Waals surface area contributed by atoms with Crippen molar-refractivity contribution in [2.45, 2.75) is 84.6 Å². The predicted molar refractivity (Wildman–Crippen MR) is 90.6 cm³/mol. The minimum absolute atomic E-state index is 0.614. The molecule has 0 aliphatic carbocycles. The van der Waals surface area contributed by atoms with Gasteiger partial charge in [0.1, 0.15) is 0 Å². The van der Waals surface area contributed by atoms with Crippen LogP contribution in [0.3, 0.4) is 0 Å². The van der Waals surface area contributed by atoms with Crippen LogP contribution in [0.2, 0.25) is 0 Å². The quantitative estimate of drug-likeness (QED) is 0.542. The smallest absolute Gasteiger partial charge is 0.0897 e. The number of aromatic nitrogens is 1. The molecule has 116 valence electrons. The molecule has 1 aromatic heterocycles. The Morgan fingerprint density at radius 1 is 1.10 bits per heavy atom. The van der Waals surface area contributed by atoms with Gasteiger partial charge in [-0.05, 0) is 26.3 Å². The Bertz CT molecular complexity index is 335. The molecule has 0 aliphatic heterocycles. The van der Waals surface area contributed by atoms with Crippen molar-refractivity contribution in [2.75, 3.05) is 6.54 Å². The van der Waals surface area contributed by atoms with Crippen LogP contribution in [0, 0.1) is 6.92 Å². The first-order valence-corrected chi connectivity index (χ1v) is 9.28. The van der Waals surface area contributed by atoms with Crippen LogP contribution >= 0.6 is 11.3 Å². The molecular formula is C17H32N2S. The fourth-order valence-corrected chi connectivity index (χ4v) is 3.18. The number of nitrogens with one attached hydrogen (secondary N) is 1. The van der Waals surface area contributed by atoms with Gasteiger partial charge >= 0.3 is 0 Å². The Morgan fingerprint density at radius 3 is 2.50 bits per heavy atom. The fraction of sp³-hybridized carbons (Fsp3) is 0.824. The van der Waals surface area contributed by atoms with Crippen molar-refractivity contribution in [1.29, 1.82) is 0 Å². The second kappa shape index (κ2) is 11.3. The third kappa shape index (κ3) is 8.01. The minimum Gasteiger partial charge on any atom is -0.314 e. The van der Waals surface area contributed by atoms with Crippen molar-refractivity contribution in [3.05, 3.63) is 16.1 Å². The molecule has 2 nitrogen and oxygen atoms in total. The summed E-state index contributed by atoms with van der Waals surface area (Å²) in [5.41, 5.74) is 1.27. The maximum atomic E-state index is 4.61. The van der Waals surface area contributed by atoms with E-state index in [0.29, 0.717) is 6.04 Å². The number of hydrogen-bond acceptors (Lipinski definition) is 3. The molecule has 0 saturated heterocycles. The van der Waals surface area contributed by atoms with Gasteiger partial charge in [0, 0.05) is 17.8 Å². The van der Waals surface area contributed by atoms with E-state index in [1.807, 2.05) is 0 Å². The van der Waals surface area contributed by atoms with E-state index in [-0.39, 0.29) is 0 Å². The molecule has 0 bridgehead atoms. The molecule has 3 heteroatoms. The molecule has 1 heterocycles. The van der Waals surface area contributed by atoms with Gasteiger partial charge in [-0.2, -0.15) is 0 Å². The third-order valence-electron chi connectivity index (χ3n) is 3.71. The molecule has 0 aliphatic rings. The molecule has 1 atom stereocenters. The Morgan fingerprint density at radius 2 is 1.85 bits per heavy atom. The van der Waals surface area contributed by atoms with Crippen molar-refractivity contribution in [2.24, 2.45) is 0 Å². The first-order valence-electron chi connectivity index (χ1n) is 8.40. The lowest BCUT2D eigenvalue weighted by molar-refractivity contribution is 0.447. The highest BCUT2D eigenvalue weighted by atomic mass is 32.1. The first kappa shape index (κ1) is 17.6. The Kier molecular flexibility index (Phi) is 9.94. The zero-order chi connectivity index (χ0) is 14.6. The highest BCUT2D eigenvalue weighted by molar-refractivity contribution is 7.09. The summed E-state index contributed by atoms with van der Waals surface area (Å²) >= 11 is 1.77. The maximum Gasteiger partial charge on any atom is 0.0897 e. The summed E-state index contributed by atoms with van der Waals surface area (Å²) in [5, 5.41) is 7.10. The van der Waals surface area contributed by atoms with Crippen molar-refractivity contribution < 1.29 is 0 Å². The molecule has 0 saturated carbocycles. The molecule has 0 amide bonds. The molecule has 0 radical (unpaired) electrons. The van der Waals surface area contributed by atoms with Gasteiger partial charge < -0.3 is 5.32 Å². The lowest BCUT2D eigenvalue weighted by Gasteiger charge is -2.17. The van der Waals surface area contributed by atoms with Crippen molar-refractivity contribution in [3.63, 3.8) is 0 Å². The van der Waals surface area contributed by atoms with E-state index >= 15 is 0 Å². The van der Waals surface area contributed by atoms with Gasteiger partial charge in [0.05, 0.1) is 10.7 Å². The zero-order valence-electron chi connectivity index (χ0n) is 13.6. The van der Waals surface area contributed by atoms with Crippen LogP contribution < -0.4 is 5.32 Å². The Balaban J connectivity index is 2.24.